The van der Waals surface area contributed by atoms with Crippen LogP contribution in [0.2, 0.25) is 0 Å². The molecule has 0 spiro atoms. The highest BCUT2D eigenvalue weighted by Gasteiger charge is 2.35. The fraction of sp³-hybridized carbons (Fsp3) is 0.238. The molecule has 1 aliphatic rings. The van der Waals surface area contributed by atoms with Crippen LogP contribution in [0.15, 0.2) is 58.9 Å². The van der Waals surface area contributed by atoms with Crippen LogP contribution in [0.25, 0.3) is 0 Å². The van der Waals surface area contributed by atoms with Gasteiger partial charge in [-0.1, -0.05) is 71.1 Å². The Labute approximate surface area is 177 Å². The first-order valence-corrected chi connectivity index (χ1v) is 11.1. The molecule has 2 amide bonds. The lowest BCUT2D eigenvalue weighted by molar-refractivity contribution is -0.122. The molecule has 2 heterocycles. The molecule has 0 bridgehead atoms. The van der Waals surface area contributed by atoms with Gasteiger partial charge < -0.3 is 10.2 Å². The fourth-order valence-electron chi connectivity index (χ4n) is 3.10. The molecule has 2 aromatic carbocycles. The van der Waals surface area contributed by atoms with Crippen molar-refractivity contribution in [3.05, 3.63) is 65.7 Å². The van der Waals surface area contributed by atoms with Crippen LogP contribution in [0, 0.1) is 12.8 Å². The van der Waals surface area contributed by atoms with Gasteiger partial charge in [-0.25, -0.2) is 0 Å². The van der Waals surface area contributed by atoms with Crippen LogP contribution >= 0.6 is 23.1 Å². The number of benzene rings is 2. The van der Waals surface area contributed by atoms with Crippen LogP contribution in [0.4, 0.5) is 10.8 Å². The highest BCUT2D eigenvalue weighted by Crippen LogP contribution is 2.30. The van der Waals surface area contributed by atoms with Gasteiger partial charge in [0, 0.05) is 24.4 Å². The molecular weight excluding hydrogens is 404 g/mol. The maximum atomic E-state index is 12.6. The number of aryl methyl sites for hydroxylation is 1. The summed E-state index contributed by atoms with van der Waals surface area (Å²) in [5.41, 5.74) is 3.16. The van der Waals surface area contributed by atoms with E-state index in [-0.39, 0.29) is 18.2 Å². The number of rotatable bonds is 6. The van der Waals surface area contributed by atoms with E-state index in [1.165, 1.54) is 16.9 Å². The van der Waals surface area contributed by atoms with Crippen LogP contribution in [0.5, 0.6) is 0 Å². The summed E-state index contributed by atoms with van der Waals surface area (Å²) in [4.78, 5) is 26.7. The molecule has 1 fully saturated rings. The SMILES string of the molecule is Cc1ccc(N2C[C@H](C(=O)Nc3nnc(SCc4ccccc4)s3)CC2=O)cc1. The molecule has 0 aliphatic carbocycles. The fourth-order valence-corrected chi connectivity index (χ4v) is 4.81. The number of hydrogen-bond acceptors (Lipinski definition) is 6. The van der Waals surface area contributed by atoms with Crippen molar-refractivity contribution in [3.8, 4) is 0 Å². The molecule has 0 unspecified atom stereocenters. The molecule has 1 saturated heterocycles. The van der Waals surface area contributed by atoms with Crippen molar-refractivity contribution in [2.45, 2.75) is 23.4 Å². The Morgan fingerprint density at radius 2 is 1.93 bits per heavy atom. The first-order valence-electron chi connectivity index (χ1n) is 9.26. The van der Waals surface area contributed by atoms with E-state index in [2.05, 4.69) is 27.6 Å². The Morgan fingerprint density at radius 3 is 2.69 bits per heavy atom. The zero-order chi connectivity index (χ0) is 20.2. The topological polar surface area (TPSA) is 75.2 Å². The molecule has 1 N–H and O–H groups in total. The first kappa shape index (κ1) is 19.6. The van der Waals surface area contributed by atoms with Gasteiger partial charge in [0.05, 0.1) is 5.92 Å². The third kappa shape index (κ3) is 4.83. The van der Waals surface area contributed by atoms with E-state index in [1.807, 2.05) is 49.4 Å². The van der Waals surface area contributed by atoms with E-state index in [0.717, 1.165) is 21.3 Å². The molecular formula is C21H20N4O2S2. The number of carbonyl (C=O) groups excluding carboxylic acids is 2. The predicted octanol–water partition coefficient (Wildman–Crippen LogP) is 4.13. The summed E-state index contributed by atoms with van der Waals surface area (Å²) in [5.74, 6) is 0.175. The average molecular weight is 425 g/mol. The van der Waals surface area contributed by atoms with Crippen molar-refractivity contribution in [2.75, 3.05) is 16.8 Å². The smallest absolute Gasteiger partial charge is 0.231 e. The van der Waals surface area contributed by atoms with E-state index in [4.69, 9.17) is 0 Å². The average Bonchev–Trinajstić information content (AvgIpc) is 3.34. The van der Waals surface area contributed by atoms with Gasteiger partial charge in [0.1, 0.15) is 0 Å². The number of amides is 2. The summed E-state index contributed by atoms with van der Waals surface area (Å²) >= 11 is 2.93. The minimum atomic E-state index is -0.395. The van der Waals surface area contributed by atoms with Gasteiger partial charge in [-0.2, -0.15) is 0 Å². The maximum absolute atomic E-state index is 12.6. The zero-order valence-corrected chi connectivity index (χ0v) is 17.5. The van der Waals surface area contributed by atoms with Crippen molar-refractivity contribution in [2.24, 2.45) is 5.92 Å². The second kappa shape index (κ2) is 8.75. The number of nitrogens with one attached hydrogen (secondary N) is 1. The third-order valence-electron chi connectivity index (χ3n) is 4.68. The van der Waals surface area contributed by atoms with Crippen LogP contribution in [-0.2, 0) is 15.3 Å². The molecule has 3 aromatic rings. The second-order valence-corrected chi connectivity index (χ2v) is 9.08. The van der Waals surface area contributed by atoms with Crippen LogP contribution in [0.3, 0.4) is 0 Å². The van der Waals surface area contributed by atoms with Crippen molar-refractivity contribution in [1.29, 1.82) is 0 Å². The molecule has 1 atom stereocenters. The van der Waals surface area contributed by atoms with Gasteiger partial charge in [0.2, 0.25) is 16.9 Å². The molecule has 8 heteroatoms. The van der Waals surface area contributed by atoms with Gasteiger partial charge in [-0.3, -0.25) is 9.59 Å². The number of nitrogens with zero attached hydrogens (tertiary/aromatic N) is 3. The quantitative estimate of drug-likeness (QED) is 0.476. The molecule has 29 heavy (non-hydrogen) atoms. The zero-order valence-electron chi connectivity index (χ0n) is 15.9. The Balaban J connectivity index is 1.33. The third-order valence-corrected chi connectivity index (χ3v) is 6.73. The van der Waals surface area contributed by atoms with Crippen molar-refractivity contribution >= 4 is 45.7 Å². The first-order chi connectivity index (χ1) is 14.1. The predicted molar refractivity (Wildman–Crippen MR) is 116 cm³/mol. The second-order valence-electron chi connectivity index (χ2n) is 6.88. The summed E-state index contributed by atoms with van der Waals surface area (Å²) < 4.78 is 0.799. The van der Waals surface area contributed by atoms with Crippen LogP contribution in [0.1, 0.15) is 17.5 Å². The molecule has 148 valence electrons. The largest absolute Gasteiger partial charge is 0.312 e. The Morgan fingerprint density at radius 1 is 1.17 bits per heavy atom. The molecule has 0 radical (unpaired) electrons. The summed E-state index contributed by atoms with van der Waals surface area (Å²) in [6.07, 6.45) is 0.203. The van der Waals surface area contributed by atoms with Crippen molar-refractivity contribution < 1.29 is 9.59 Å². The summed E-state index contributed by atoms with van der Waals surface area (Å²) in [5, 5.41) is 11.5. The number of carbonyl (C=O) groups is 2. The highest BCUT2D eigenvalue weighted by molar-refractivity contribution is 8.00. The van der Waals surface area contributed by atoms with Crippen LogP contribution < -0.4 is 10.2 Å². The molecule has 1 aliphatic heterocycles. The monoisotopic (exact) mass is 424 g/mol. The molecule has 6 nitrogen and oxygen atoms in total. The minimum absolute atomic E-state index is 0.0367. The number of thioether (sulfide) groups is 1. The highest BCUT2D eigenvalue weighted by atomic mass is 32.2. The Bertz CT molecular complexity index is 1010. The molecule has 0 saturated carbocycles. The standard InChI is InChI=1S/C21H20N4O2S2/c1-14-7-9-17(10-8-14)25-12-16(11-18(25)26)19(27)22-20-23-24-21(29-20)28-13-15-5-3-2-4-6-15/h2-10,16H,11-13H2,1H3,(H,22,23,27)/t16-/m1/s1. The van der Waals surface area contributed by atoms with Gasteiger partial charge in [0.25, 0.3) is 0 Å². The normalized spacial score (nSPS) is 16.2. The van der Waals surface area contributed by atoms with E-state index < -0.39 is 5.92 Å². The van der Waals surface area contributed by atoms with Gasteiger partial charge in [-0.05, 0) is 24.6 Å². The van der Waals surface area contributed by atoms with Crippen LogP contribution in [-0.4, -0.2) is 28.6 Å². The van der Waals surface area contributed by atoms with Crippen molar-refractivity contribution in [1.82, 2.24) is 10.2 Å². The lowest BCUT2D eigenvalue weighted by Crippen LogP contribution is -2.28. The lowest BCUT2D eigenvalue weighted by atomic mass is 10.1. The molecule has 4 rings (SSSR count). The van der Waals surface area contributed by atoms with Gasteiger partial charge >= 0.3 is 0 Å². The van der Waals surface area contributed by atoms with Crippen molar-refractivity contribution in [3.63, 3.8) is 0 Å². The van der Waals surface area contributed by atoms with E-state index >= 15 is 0 Å². The number of aromatic nitrogens is 2. The summed E-state index contributed by atoms with van der Waals surface area (Å²) in [6, 6.07) is 17.9. The van der Waals surface area contributed by atoms with Gasteiger partial charge in [-0.15, -0.1) is 10.2 Å². The van der Waals surface area contributed by atoms with Gasteiger partial charge in [0.15, 0.2) is 4.34 Å². The minimum Gasteiger partial charge on any atom is -0.312 e. The summed E-state index contributed by atoms with van der Waals surface area (Å²) in [7, 11) is 0. The lowest BCUT2D eigenvalue weighted by Gasteiger charge is -2.16. The molecule has 1 aromatic heterocycles. The summed E-state index contributed by atoms with van der Waals surface area (Å²) in [6.45, 7) is 2.38. The maximum Gasteiger partial charge on any atom is 0.231 e. The van der Waals surface area contributed by atoms with E-state index in [9.17, 15) is 9.59 Å². The number of hydrogen-bond donors (Lipinski definition) is 1. The Kier molecular flexibility index (Phi) is 5.92. The van der Waals surface area contributed by atoms with E-state index in [0.29, 0.717) is 11.7 Å². The van der Waals surface area contributed by atoms with E-state index in [1.54, 1.807) is 16.7 Å². The number of anilines is 2. The Hall–Kier alpha value is -2.71.